The SMILES string of the molecule is NC(=O)C(CCC(=O)O)N1Cc2cc(O[C@H]3CCN(Cc4ccc5nc(C6CCOCC6)ccc5c4F)C3)ccc2C1=O. The van der Waals surface area contributed by atoms with Gasteiger partial charge < -0.3 is 25.2 Å². The molecule has 2 fully saturated rings. The van der Waals surface area contributed by atoms with Gasteiger partial charge in [0.15, 0.2) is 0 Å². The number of carbonyl (C=O) groups is 3. The minimum atomic E-state index is -1.06. The van der Waals surface area contributed by atoms with E-state index in [1.807, 2.05) is 24.3 Å². The first-order valence-corrected chi connectivity index (χ1v) is 14.8. The molecule has 0 bridgehead atoms. The second kappa shape index (κ2) is 12.3. The zero-order valence-corrected chi connectivity index (χ0v) is 23.8. The molecule has 0 saturated carbocycles. The Morgan fingerprint density at radius 3 is 2.72 bits per heavy atom. The number of ether oxygens (including phenoxy) is 2. The minimum absolute atomic E-state index is 0.0443. The van der Waals surface area contributed by atoms with Gasteiger partial charge in [0.25, 0.3) is 5.91 Å². The standard InChI is InChI=1S/C32H35FN4O6/c33-30-20(1-5-27-25(30)4-6-26(35-27)19-10-13-42-14-11-19)16-36-12-9-23(18-36)43-22-2-3-24-21(15-22)17-37(32(24)41)28(31(34)40)7-8-29(38)39/h1-6,15,19,23,28H,7-14,16-18H2,(H2,34,40)(H,38,39)/t23-,28?/m0/s1. The first-order chi connectivity index (χ1) is 20.8. The summed E-state index contributed by atoms with van der Waals surface area (Å²) in [6.45, 7) is 3.46. The van der Waals surface area contributed by atoms with E-state index < -0.39 is 17.9 Å². The highest BCUT2D eigenvalue weighted by atomic mass is 19.1. The molecule has 2 amide bonds. The Kier molecular flexibility index (Phi) is 8.27. The van der Waals surface area contributed by atoms with Crippen LogP contribution in [-0.2, 0) is 27.4 Å². The molecule has 6 rings (SSSR count). The molecule has 1 aromatic heterocycles. The van der Waals surface area contributed by atoms with Crippen LogP contribution in [-0.4, -0.2) is 76.1 Å². The zero-order chi connectivity index (χ0) is 30.1. The van der Waals surface area contributed by atoms with Gasteiger partial charge in [-0.15, -0.1) is 0 Å². The molecular formula is C32H35FN4O6. The van der Waals surface area contributed by atoms with Crippen LogP contribution in [0.3, 0.4) is 0 Å². The number of aliphatic carboxylic acids is 1. The van der Waals surface area contributed by atoms with Crippen molar-refractivity contribution in [1.82, 2.24) is 14.8 Å². The lowest BCUT2D eigenvalue weighted by Crippen LogP contribution is -2.45. The Morgan fingerprint density at radius 1 is 1.14 bits per heavy atom. The van der Waals surface area contributed by atoms with Crippen LogP contribution in [0.1, 0.15) is 65.2 Å². The Bertz CT molecular complexity index is 1560. The number of pyridine rings is 1. The van der Waals surface area contributed by atoms with Crippen molar-refractivity contribution in [3.63, 3.8) is 0 Å². The van der Waals surface area contributed by atoms with Gasteiger partial charge in [-0.25, -0.2) is 4.39 Å². The van der Waals surface area contributed by atoms with Gasteiger partial charge in [0.05, 0.1) is 5.52 Å². The van der Waals surface area contributed by atoms with Crippen LogP contribution in [0.4, 0.5) is 4.39 Å². The molecule has 10 nitrogen and oxygen atoms in total. The second-order valence-corrected chi connectivity index (χ2v) is 11.6. The molecule has 3 aliphatic rings. The van der Waals surface area contributed by atoms with Gasteiger partial charge in [-0.2, -0.15) is 0 Å². The number of halogens is 1. The molecular weight excluding hydrogens is 555 g/mol. The van der Waals surface area contributed by atoms with Crippen molar-refractivity contribution in [2.75, 3.05) is 26.3 Å². The monoisotopic (exact) mass is 590 g/mol. The van der Waals surface area contributed by atoms with E-state index in [-0.39, 0.29) is 37.2 Å². The first-order valence-electron chi connectivity index (χ1n) is 14.8. The van der Waals surface area contributed by atoms with E-state index in [1.165, 1.54) is 4.90 Å². The number of aromatic nitrogens is 1. The van der Waals surface area contributed by atoms with Gasteiger partial charge in [-0.1, -0.05) is 6.07 Å². The lowest BCUT2D eigenvalue weighted by Gasteiger charge is -2.24. The number of hydrogen-bond donors (Lipinski definition) is 2. The molecule has 0 spiro atoms. The number of nitrogens with zero attached hydrogens (tertiary/aromatic N) is 3. The maximum atomic E-state index is 15.5. The van der Waals surface area contributed by atoms with Crippen molar-refractivity contribution in [2.24, 2.45) is 5.73 Å². The van der Waals surface area contributed by atoms with Crippen molar-refractivity contribution in [3.8, 4) is 5.75 Å². The van der Waals surface area contributed by atoms with Gasteiger partial charge in [0.2, 0.25) is 5.91 Å². The van der Waals surface area contributed by atoms with Crippen LogP contribution in [0.15, 0.2) is 42.5 Å². The Morgan fingerprint density at radius 2 is 1.95 bits per heavy atom. The number of carboxylic acids is 1. The topological polar surface area (TPSA) is 135 Å². The Labute approximate surface area is 248 Å². The van der Waals surface area contributed by atoms with Crippen molar-refractivity contribution >= 4 is 28.7 Å². The van der Waals surface area contributed by atoms with Crippen LogP contribution >= 0.6 is 0 Å². The number of nitrogens with two attached hydrogens (primary N) is 1. The normalized spacial score (nSPS) is 20.0. The van der Waals surface area contributed by atoms with E-state index in [0.717, 1.165) is 44.7 Å². The lowest BCUT2D eigenvalue weighted by molar-refractivity contribution is -0.137. The van der Waals surface area contributed by atoms with E-state index in [9.17, 15) is 14.4 Å². The van der Waals surface area contributed by atoms with Crippen molar-refractivity contribution in [3.05, 3.63) is 70.7 Å². The highest BCUT2D eigenvalue weighted by Gasteiger charge is 2.36. The number of hydrogen-bond acceptors (Lipinski definition) is 7. The number of carboxylic acid groups (broad SMARTS) is 1. The molecule has 3 N–H and O–H groups in total. The quantitative estimate of drug-likeness (QED) is 0.366. The molecule has 0 radical (unpaired) electrons. The maximum absolute atomic E-state index is 15.5. The van der Waals surface area contributed by atoms with Crippen LogP contribution < -0.4 is 10.5 Å². The summed E-state index contributed by atoms with van der Waals surface area (Å²) in [7, 11) is 0. The predicted octanol–water partition coefficient (Wildman–Crippen LogP) is 3.60. The highest BCUT2D eigenvalue weighted by molar-refractivity contribution is 6.01. The van der Waals surface area contributed by atoms with E-state index in [0.29, 0.717) is 52.4 Å². The van der Waals surface area contributed by atoms with Gasteiger partial charge >= 0.3 is 5.97 Å². The molecule has 1 unspecified atom stereocenters. The number of fused-ring (bicyclic) bond motifs is 2. The predicted molar refractivity (Wildman–Crippen MR) is 155 cm³/mol. The number of likely N-dealkylation sites (tertiary alicyclic amines) is 1. The van der Waals surface area contributed by atoms with E-state index in [4.69, 9.17) is 25.3 Å². The molecule has 4 heterocycles. The summed E-state index contributed by atoms with van der Waals surface area (Å²) < 4.78 is 27.2. The third-order valence-corrected chi connectivity index (χ3v) is 8.72. The van der Waals surface area contributed by atoms with Crippen LogP contribution in [0.25, 0.3) is 10.9 Å². The largest absolute Gasteiger partial charge is 0.489 e. The molecule has 11 heteroatoms. The van der Waals surface area contributed by atoms with Crippen LogP contribution in [0, 0.1) is 5.82 Å². The highest BCUT2D eigenvalue weighted by Crippen LogP contribution is 2.32. The number of amides is 2. The number of benzene rings is 2. The van der Waals surface area contributed by atoms with Crippen molar-refractivity contribution in [2.45, 2.75) is 63.3 Å². The Balaban J connectivity index is 1.07. The third kappa shape index (κ3) is 6.18. The molecule has 3 aliphatic heterocycles. The average molecular weight is 591 g/mol. The molecule has 226 valence electrons. The van der Waals surface area contributed by atoms with Crippen molar-refractivity contribution in [1.29, 1.82) is 0 Å². The summed E-state index contributed by atoms with van der Waals surface area (Å²) in [6.07, 6.45) is 2.22. The van der Waals surface area contributed by atoms with Gasteiger partial charge in [0.1, 0.15) is 23.7 Å². The molecule has 43 heavy (non-hydrogen) atoms. The van der Waals surface area contributed by atoms with E-state index in [1.54, 1.807) is 18.2 Å². The summed E-state index contributed by atoms with van der Waals surface area (Å²) in [6, 6.07) is 11.7. The van der Waals surface area contributed by atoms with E-state index in [2.05, 4.69) is 4.90 Å². The minimum Gasteiger partial charge on any atom is -0.489 e. The summed E-state index contributed by atoms with van der Waals surface area (Å²) in [5, 5.41) is 9.54. The fourth-order valence-corrected chi connectivity index (χ4v) is 6.40. The zero-order valence-electron chi connectivity index (χ0n) is 23.8. The summed E-state index contributed by atoms with van der Waals surface area (Å²) in [4.78, 5) is 44.2. The molecule has 2 saturated heterocycles. The first kappa shape index (κ1) is 29.0. The molecule has 2 aromatic carbocycles. The van der Waals surface area contributed by atoms with Crippen LogP contribution in [0.2, 0.25) is 0 Å². The number of primary amides is 1. The lowest BCUT2D eigenvalue weighted by atomic mass is 9.95. The fraction of sp³-hybridized carbons (Fsp3) is 0.438. The van der Waals surface area contributed by atoms with Crippen LogP contribution in [0.5, 0.6) is 5.75 Å². The maximum Gasteiger partial charge on any atom is 0.303 e. The summed E-state index contributed by atoms with van der Waals surface area (Å²) in [5.74, 6) is -1.43. The molecule has 0 aliphatic carbocycles. The average Bonchev–Trinajstić information content (AvgIpc) is 3.57. The fourth-order valence-electron chi connectivity index (χ4n) is 6.40. The van der Waals surface area contributed by atoms with E-state index >= 15 is 4.39 Å². The number of rotatable bonds is 10. The van der Waals surface area contributed by atoms with Gasteiger partial charge in [-0.3, -0.25) is 24.3 Å². The van der Waals surface area contributed by atoms with Crippen molar-refractivity contribution < 1.29 is 33.4 Å². The molecule has 3 aromatic rings. The smallest absolute Gasteiger partial charge is 0.303 e. The summed E-state index contributed by atoms with van der Waals surface area (Å²) >= 11 is 0. The Hall–Kier alpha value is -4.09. The molecule has 2 atom stereocenters. The summed E-state index contributed by atoms with van der Waals surface area (Å²) in [5.41, 5.74) is 8.93. The third-order valence-electron chi connectivity index (χ3n) is 8.72. The number of carbonyl (C=O) groups excluding carboxylic acids is 2. The van der Waals surface area contributed by atoms with Gasteiger partial charge in [-0.05, 0) is 67.6 Å². The second-order valence-electron chi connectivity index (χ2n) is 11.6. The van der Waals surface area contributed by atoms with Gasteiger partial charge in [0, 0.05) is 73.9 Å².